The molecule has 0 saturated carbocycles. The highest BCUT2D eigenvalue weighted by molar-refractivity contribution is 7.98. The van der Waals surface area contributed by atoms with Gasteiger partial charge in [0.1, 0.15) is 35.8 Å². The van der Waals surface area contributed by atoms with Gasteiger partial charge in [0, 0.05) is 28.7 Å². The Morgan fingerprint density at radius 3 is 1.96 bits per heavy atom. The minimum Gasteiger partial charge on any atom is -0.543 e. The fourth-order valence-electron chi connectivity index (χ4n) is 3.87. The normalized spacial score (nSPS) is 19.0. The number of hydrogen-bond donors (Lipinski definition) is 3. The SMILES string of the molecule is Cc1c(O[Si](C)(C)C(C)(C)C)cc(O[Si](C)(C)C(C)(C)C)c2c1C(=O)OC[C@H](NC(=O)OC(C)(C)C)C(=O)N[C@H](C(N)=O)CSC2. The van der Waals surface area contributed by atoms with Gasteiger partial charge in [0.25, 0.3) is 0 Å². The van der Waals surface area contributed by atoms with E-state index in [1.54, 1.807) is 20.8 Å². The number of amides is 3. The summed E-state index contributed by atoms with van der Waals surface area (Å²) in [6.07, 6.45) is -0.882. The lowest BCUT2D eigenvalue weighted by molar-refractivity contribution is -0.128. The van der Waals surface area contributed by atoms with Crippen LogP contribution in [0.15, 0.2) is 6.07 Å². The van der Waals surface area contributed by atoms with Crippen molar-refractivity contribution in [1.82, 2.24) is 10.6 Å². The summed E-state index contributed by atoms with van der Waals surface area (Å²) in [5.74, 6) is -0.722. The van der Waals surface area contributed by atoms with E-state index >= 15 is 0 Å². The summed E-state index contributed by atoms with van der Waals surface area (Å²) in [6.45, 7) is 27.7. The first-order chi connectivity index (χ1) is 20.7. The number of carbonyl (C=O) groups is 4. The smallest absolute Gasteiger partial charge is 0.408 e. The average Bonchev–Trinajstić information content (AvgIpc) is 2.84. The van der Waals surface area contributed by atoms with E-state index in [2.05, 4.69) is 78.4 Å². The highest BCUT2D eigenvalue weighted by atomic mass is 32.2. The number of nitrogens with two attached hydrogens (primary N) is 1. The molecule has 0 aromatic heterocycles. The van der Waals surface area contributed by atoms with Crippen molar-refractivity contribution in [2.45, 2.75) is 129 Å². The standard InChI is InChI=1S/C32H55N3O8SSi2/c1-19-23(42-45(11,12)31(5,6)7)15-24(43-46(13,14)32(8,9)10)20-17-44-18-22(26(33)36)34-27(37)21(16-40-28(38)25(19)20)35-29(39)41-30(2,3)4/h15,21-22H,16-18H2,1-14H3,(H2,33,36)(H,34,37)(H,35,39)/t21-,22-/m0/s1. The summed E-state index contributed by atoms with van der Waals surface area (Å²) in [5, 5.41) is 4.79. The number of benzene rings is 1. The number of primary amides is 1. The van der Waals surface area contributed by atoms with Crippen LogP contribution in [-0.4, -0.2) is 70.6 Å². The van der Waals surface area contributed by atoms with E-state index in [1.807, 2.05) is 13.0 Å². The van der Waals surface area contributed by atoms with Crippen molar-refractivity contribution in [3.63, 3.8) is 0 Å². The topological polar surface area (TPSA) is 155 Å². The summed E-state index contributed by atoms with van der Waals surface area (Å²) in [6, 6.07) is -0.524. The minimum absolute atomic E-state index is 0.121. The summed E-state index contributed by atoms with van der Waals surface area (Å²) in [5.41, 5.74) is 6.27. The second-order valence-corrected chi connectivity index (χ2v) is 26.3. The largest absolute Gasteiger partial charge is 0.543 e. The number of esters is 1. The number of thioether (sulfide) groups is 1. The van der Waals surface area contributed by atoms with Crippen LogP contribution >= 0.6 is 11.8 Å². The number of hydrogen-bond acceptors (Lipinski definition) is 9. The zero-order chi connectivity index (χ0) is 35.6. The zero-order valence-electron chi connectivity index (χ0n) is 30.1. The van der Waals surface area contributed by atoms with Crippen molar-refractivity contribution >= 4 is 52.3 Å². The van der Waals surface area contributed by atoms with Crippen LogP contribution in [0.1, 0.15) is 83.8 Å². The third-order valence-corrected chi connectivity index (χ3v) is 18.5. The van der Waals surface area contributed by atoms with Crippen LogP contribution < -0.4 is 25.2 Å². The molecule has 0 radical (unpaired) electrons. The van der Waals surface area contributed by atoms with Crippen LogP contribution in [-0.2, 0) is 24.8 Å². The van der Waals surface area contributed by atoms with Crippen molar-refractivity contribution in [1.29, 1.82) is 0 Å². The lowest BCUT2D eigenvalue weighted by atomic mass is 10.0. The first-order valence-corrected chi connectivity index (χ1v) is 22.5. The van der Waals surface area contributed by atoms with Gasteiger partial charge in [-0.15, -0.1) is 0 Å². The molecular formula is C32H55N3O8SSi2. The molecule has 0 fully saturated rings. The molecule has 2 rings (SSSR count). The Labute approximate surface area is 281 Å². The Balaban J connectivity index is 2.77. The molecule has 260 valence electrons. The van der Waals surface area contributed by atoms with Crippen LogP contribution in [0.5, 0.6) is 11.5 Å². The van der Waals surface area contributed by atoms with Crippen LogP contribution in [0.2, 0.25) is 36.3 Å². The Morgan fingerprint density at radius 1 is 0.957 bits per heavy atom. The summed E-state index contributed by atoms with van der Waals surface area (Å²) < 4.78 is 24.7. The number of alkyl carbamates (subject to hydrolysis) is 1. The number of nitrogens with one attached hydrogen (secondary N) is 2. The molecule has 1 aromatic rings. The van der Waals surface area contributed by atoms with Crippen molar-refractivity contribution in [2.75, 3.05) is 12.4 Å². The molecule has 1 aromatic carbocycles. The van der Waals surface area contributed by atoms with Gasteiger partial charge in [0.2, 0.25) is 28.4 Å². The predicted molar refractivity (Wildman–Crippen MR) is 188 cm³/mol. The van der Waals surface area contributed by atoms with E-state index in [0.717, 1.165) is 0 Å². The second kappa shape index (κ2) is 14.2. The van der Waals surface area contributed by atoms with Crippen LogP contribution in [0.3, 0.4) is 0 Å². The molecule has 0 bridgehead atoms. The van der Waals surface area contributed by atoms with Crippen LogP contribution in [0.4, 0.5) is 4.79 Å². The second-order valence-electron chi connectivity index (χ2n) is 15.9. The predicted octanol–water partition coefficient (Wildman–Crippen LogP) is 6.03. The van der Waals surface area contributed by atoms with Gasteiger partial charge in [0.05, 0.1) is 5.56 Å². The summed E-state index contributed by atoms with van der Waals surface area (Å²) in [4.78, 5) is 52.3. The molecule has 14 heteroatoms. The number of cyclic esters (lactones) is 1. The summed E-state index contributed by atoms with van der Waals surface area (Å²) in [7, 11) is -4.79. The Morgan fingerprint density at radius 2 is 1.48 bits per heavy atom. The maximum absolute atomic E-state index is 14.0. The van der Waals surface area contributed by atoms with E-state index in [-0.39, 0.29) is 27.1 Å². The maximum Gasteiger partial charge on any atom is 0.408 e. The van der Waals surface area contributed by atoms with E-state index in [4.69, 9.17) is 24.1 Å². The van der Waals surface area contributed by atoms with Crippen LogP contribution in [0, 0.1) is 6.92 Å². The third kappa shape index (κ3) is 10.1. The molecule has 1 aliphatic rings. The Hall–Kier alpha value is -2.72. The molecule has 0 unspecified atom stereocenters. The van der Waals surface area contributed by atoms with Crippen molar-refractivity contribution < 1.29 is 37.5 Å². The molecule has 0 aliphatic carbocycles. The molecule has 3 amide bonds. The Kier molecular flexibility index (Phi) is 12.2. The lowest BCUT2D eigenvalue weighted by Crippen LogP contribution is -2.56. The van der Waals surface area contributed by atoms with Crippen molar-refractivity contribution in [2.24, 2.45) is 5.73 Å². The van der Waals surface area contributed by atoms with Gasteiger partial charge in [-0.05, 0) is 64.0 Å². The average molecular weight is 698 g/mol. The van der Waals surface area contributed by atoms with Crippen LogP contribution in [0.25, 0.3) is 0 Å². The molecule has 0 spiro atoms. The fourth-order valence-corrected chi connectivity index (χ4v) is 7.07. The lowest BCUT2D eigenvalue weighted by Gasteiger charge is -2.39. The molecule has 4 N–H and O–H groups in total. The first-order valence-electron chi connectivity index (χ1n) is 15.6. The monoisotopic (exact) mass is 697 g/mol. The third-order valence-electron chi connectivity index (χ3n) is 8.73. The van der Waals surface area contributed by atoms with Gasteiger partial charge in [-0.1, -0.05) is 41.5 Å². The quantitative estimate of drug-likeness (QED) is 0.239. The molecule has 46 heavy (non-hydrogen) atoms. The van der Waals surface area contributed by atoms with E-state index in [1.165, 1.54) is 11.8 Å². The van der Waals surface area contributed by atoms with Crippen molar-refractivity contribution in [3.8, 4) is 11.5 Å². The zero-order valence-corrected chi connectivity index (χ0v) is 32.9. The van der Waals surface area contributed by atoms with Gasteiger partial charge in [0.15, 0.2) is 0 Å². The van der Waals surface area contributed by atoms with Crippen molar-refractivity contribution in [3.05, 3.63) is 22.8 Å². The first kappa shape index (κ1) is 39.5. The molecule has 11 nitrogen and oxygen atoms in total. The molecule has 2 atom stereocenters. The maximum atomic E-state index is 14.0. The Bertz CT molecular complexity index is 1330. The van der Waals surface area contributed by atoms with Gasteiger partial charge < -0.3 is 34.7 Å². The van der Waals surface area contributed by atoms with E-state index in [0.29, 0.717) is 22.6 Å². The molecule has 1 heterocycles. The van der Waals surface area contributed by atoms with Gasteiger partial charge in [-0.25, -0.2) is 9.59 Å². The van der Waals surface area contributed by atoms with Gasteiger partial charge >= 0.3 is 12.1 Å². The van der Waals surface area contributed by atoms with E-state index in [9.17, 15) is 19.2 Å². The number of carbonyl (C=O) groups excluding carboxylic acids is 4. The fraction of sp³-hybridized carbons (Fsp3) is 0.688. The molecule has 0 saturated heterocycles. The van der Waals surface area contributed by atoms with Gasteiger partial charge in [-0.3, -0.25) is 9.59 Å². The van der Waals surface area contributed by atoms with E-state index < -0.39 is 64.8 Å². The molecular weight excluding hydrogens is 643 g/mol. The number of fused-ring (bicyclic) bond motifs is 1. The number of ether oxygens (including phenoxy) is 2. The molecule has 1 aliphatic heterocycles. The highest BCUT2D eigenvalue weighted by Crippen LogP contribution is 2.45. The van der Waals surface area contributed by atoms with Gasteiger partial charge in [-0.2, -0.15) is 11.8 Å². The summed E-state index contributed by atoms with van der Waals surface area (Å²) >= 11 is 1.32. The minimum atomic E-state index is -2.42. The number of rotatable bonds is 6. The highest BCUT2D eigenvalue weighted by Gasteiger charge is 2.42.